The first-order chi connectivity index (χ1) is 16.2. The molecule has 1 aliphatic carbocycles. The highest BCUT2D eigenvalue weighted by atomic mass is 32.1. The third kappa shape index (κ3) is 5.52. The molecule has 0 aliphatic heterocycles. The molecule has 0 atom stereocenters. The van der Waals surface area contributed by atoms with E-state index < -0.39 is 0 Å². The number of nitrogens with zero attached hydrogens (tertiary/aromatic N) is 1. The number of aliphatic imine (C=N–C) groups is 1. The van der Waals surface area contributed by atoms with Crippen molar-refractivity contribution in [1.29, 1.82) is 0 Å². The van der Waals surface area contributed by atoms with Crippen molar-refractivity contribution in [3.05, 3.63) is 82.8 Å². The van der Waals surface area contributed by atoms with E-state index in [4.69, 9.17) is 14.5 Å². The molecule has 1 amide bonds. The average Bonchev–Trinajstić information content (AvgIpc) is 3.21. The van der Waals surface area contributed by atoms with Gasteiger partial charge < -0.3 is 14.8 Å². The van der Waals surface area contributed by atoms with E-state index in [-0.39, 0.29) is 5.91 Å². The number of thiophene rings is 1. The number of anilines is 1. The standard InChI is InChI=1S/C27H28N2O3S/c1-3-16-32-22-15-14-19(17-23(22)31-4-2)18-28-27-25(21-12-8-9-13-24(21)33-27)26(30)29-20-10-6-5-7-11-20/h3,5-7,10-11,14-15,17-18H,1,4,8-9,12-13,16H2,2H3,(H,29,30). The quantitative estimate of drug-likeness (QED) is 0.289. The summed E-state index contributed by atoms with van der Waals surface area (Å²) in [5, 5.41) is 3.79. The van der Waals surface area contributed by atoms with E-state index in [1.165, 1.54) is 4.88 Å². The third-order valence-corrected chi connectivity index (χ3v) is 6.57. The van der Waals surface area contributed by atoms with Gasteiger partial charge >= 0.3 is 0 Å². The molecule has 0 spiro atoms. The number of amides is 1. The van der Waals surface area contributed by atoms with E-state index in [0.717, 1.165) is 47.5 Å². The van der Waals surface area contributed by atoms with Gasteiger partial charge in [0.25, 0.3) is 5.91 Å². The molecular formula is C27H28N2O3S. The highest BCUT2D eigenvalue weighted by Crippen LogP contribution is 2.40. The van der Waals surface area contributed by atoms with Gasteiger partial charge in [-0.2, -0.15) is 0 Å². The molecule has 1 aromatic heterocycles. The summed E-state index contributed by atoms with van der Waals surface area (Å²) in [6, 6.07) is 15.3. The Kier molecular flexibility index (Phi) is 7.58. The number of carbonyl (C=O) groups excluding carboxylic acids is 1. The van der Waals surface area contributed by atoms with Crippen LogP contribution in [0.5, 0.6) is 11.5 Å². The molecule has 170 valence electrons. The van der Waals surface area contributed by atoms with E-state index in [2.05, 4.69) is 11.9 Å². The monoisotopic (exact) mass is 460 g/mol. The highest BCUT2D eigenvalue weighted by Gasteiger charge is 2.25. The van der Waals surface area contributed by atoms with E-state index in [9.17, 15) is 4.79 Å². The maximum Gasteiger partial charge on any atom is 0.259 e. The second kappa shape index (κ2) is 11.0. The minimum atomic E-state index is -0.101. The minimum Gasteiger partial charge on any atom is -0.490 e. The number of nitrogens with one attached hydrogen (secondary N) is 1. The van der Waals surface area contributed by atoms with E-state index in [1.54, 1.807) is 23.6 Å². The van der Waals surface area contributed by atoms with Gasteiger partial charge in [0.1, 0.15) is 11.6 Å². The van der Waals surface area contributed by atoms with Crippen molar-refractivity contribution in [2.45, 2.75) is 32.6 Å². The van der Waals surface area contributed by atoms with Crippen molar-refractivity contribution in [2.75, 3.05) is 18.5 Å². The van der Waals surface area contributed by atoms with Crippen molar-refractivity contribution < 1.29 is 14.3 Å². The van der Waals surface area contributed by atoms with Crippen LogP contribution in [0.3, 0.4) is 0 Å². The topological polar surface area (TPSA) is 59.9 Å². The molecule has 5 nitrogen and oxygen atoms in total. The summed E-state index contributed by atoms with van der Waals surface area (Å²) < 4.78 is 11.4. The normalized spacial score (nSPS) is 12.9. The molecule has 0 bridgehead atoms. The summed E-state index contributed by atoms with van der Waals surface area (Å²) >= 11 is 1.62. The SMILES string of the molecule is C=CCOc1ccc(C=Nc2sc3c(c2C(=O)Nc2ccccc2)CCCC3)cc1OCC. The number of rotatable bonds is 9. The predicted octanol–water partition coefficient (Wildman–Crippen LogP) is 6.59. The summed E-state index contributed by atoms with van der Waals surface area (Å²) in [6.07, 6.45) is 7.67. The number of ether oxygens (including phenoxy) is 2. The number of benzene rings is 2. The number of carbonyl (C=O) groups is 1. The van der Waals surface area contributed by atoms with Crippen molar-refractivity contribution in [2.24, 2.45) is 4.99 Å². The summed E-state index contributed by atoms with van der Waals surface area (Å²) in [4.78, 5) is 19.3. The molecule has 1 heterocycles. The first-order valence-electron chi connectivity index (χ1n) is 11.2. The van der Waals surface area contributed by atoms with Crippen LogP contribution < -0.4 is 14.8 Å². The summed E-state index contributed by atoms with van der Waals surface area (Å²) in [5.74, 6) is 1.23. The van der Waals surface area contributed by atoms with Gasteiger partial charge in [-0.3, -0.25) is 4.79 Å². The molecule has 0 saturated carbocycles. The molecule has 4 rings (SSSR count). The van der Waals surface area contributed by atoms with E-state index in [0.29, 0.717) is 30.3 Å². The third-order valence-electron chi connectivity index (χ3n) is 5.37. The lowest BCUT2D eigenvalue weighted by molar-refractivity contribution is 0.102. The molecule has 0 saturated heterocycles. The van der Waals surface area contributed by atoms with Gasteiger partial charge in [0.2, 0.25) is 0 Å². The van der Waals surface area contributed by atoms with Crippen LogP contribution in [0.1, 0.15) is 46.1 Å². The molecule has 3 aromatic rings. The number of hydrogen-bond donors (Lipinski definition) is 1. The molecule has 0 fully saturated rings. The Morgan fingerprint density at radius 1 is 1.12 bits per heavy atom. The largest absolute Gasteiger partial charge is 0.490 e. The van der Waals surface area contributed by atoms with Gasteiger partial charge in [-0.1, -0.05) is 30.9 Å². The van der Waals surface area contributed by atoms with E-state index >= 15 is 0 Å². The predicted molar refractivity (Wildman–Crippen MR) is 136 cm³/mol. The molecular weight excluding hydrogens is 432 g/mol. The Bertz CT molecular complexity index is 1150. The Morgan fingerprint density at radius 3 is 2.73 bits per heavy atom. The van der Waals surface area contributed by atoms with Crippen LogP contribution in [-0.4, -0.2) is 25.3 Å². The average molecular weight is 461 g/mol. The van der Waals surface area contributed by atoms with Crippen LogP contribution in [-0.2, 0) is 12.8 Å². The smallest absolute Gasteiger partial charge is 0.259 e. The van der Waals surface area contributed by atoms with Crippen molar-refractivity contribution >= 4 is 34.1 Å². The fourth-order valence-corrected chi connectivity index (χ4v) is 5.10. The van der Waals surface area contributed by atoms with Gasteiger partial charge in [0, 0.05) is 16.8 Å². The molecule has 2 aromatic carbocycles. The second-order valence-electron chi connectivity index (χ2n) is 7.71. The lowest BCUT2D eigenvalue weighted by Gasteiger charge is -2.13. The second-order valence-corrected chi connectivity index (χ2v) is 8.79. The molecule has 1 aliphatic rings. The molecule has 1 N–H and O–H groups in total. The zero-order valence-electron chi connectivity index (χ0n) is 18.8. The highest BCUT2D eigenvalue weighted by molar-refractivity contribution is 7.16. The Hall–Kier alpha value is -3.38. The van der Waals surface area contributed by atoms with Gasteiger partial charge in [-0.25, -0.2) is 4.99 Å². The van der Waals surface area contributed by atoms with Crippen LogP contribution in [0.2, 0.25) is 0 Å². The fourth-order valence-electron chi connectivity index (χ4n) is 3.87. The summed E-state index contributed by atoms with van der Waals surface area (Å²) in [7, 11) is 0. The maximum absolute atomic E-state index is 13.2. The minimum absolute atomic E-state index is 0.101. The lowest BCUT2D eigenvalue weighted by atomic mass is 9.95. The Labute approximate surface area is 198 Å². The van der Waals surface area contributed by atoms with Crippen LogP contribution in [0.15, 0.2) is 66.2 Å². The van der Waals surface area contributed by atoms with Crippen molar-refractivity contribution in [3.63, 3.8) is 0 Å². The number of aryl methyl sites for hydroxylation is 1. The maximum atomic E-state index is 13.2. The number of hydrogen-bond acceptors (Lipinski definition) is 5. The van der Waals surface area contributed by atoms with Crippen LogP contribution in [0.4, 0.5) is 10.7 Å². The van der Waals surface area contributed by atoms with Gasteiger partial charge in [-0.05, 0) is 74.1 Å². The van der Waals surface area contributed by atoms with Crippen molar-refractivity contribution in [1.82, 2.24) is 0 Å². The van der Waals surface area contributed by atoms with Gasteiger partial charge in [0.15, 0.2) is 11.5 Å². The zero-order valence-corrected chi connectivity index (χ0v) is 19.6. The summed E-state index contributed by atoms with van der Waals surface area (Å²) in [5.41, 5.74) is 3.51. The Balaban J connectivity index is 1.63. The van der Waals surface area contributed by atoms with Crippen molar-refractivity contribution in [3.8, 4) is 11.5 Å². The molecule has 0 radical (unpaired) electrons. The fraction of sp³-hybridized carbons (Fsp3) is 0.259. The molecule has 6 heteroatoms. The molecule has 33 heavy (non-hydrogen) atoms. The molecule has 0 unspecified atom stereocenters. The van der Waals surface area contributed by atoms with Crippen LogP contribution in [0.25, 0.3) is 0 Å². The first-order valence-corrected chi connectivity index (χ1v) is 12.1. The van der Waals surface area contributed by atoms with Crippen LogP contribution in [0, 0.1) is 0 Å². The first kappa shape index (κ1) is 22.8. The number of fused-ring (bicyclic) bond motifs is 1. The van der Waals surface area contributed by atoms with E-state index in [1.807, 2.05) is 55.5 Å². The lowest BCUT2D eigenvalue weighted by Crippen LogP contribution is -2.14. The van der Waals surface area contributed by atoms with Gasteiger partial charge in [-0.15, -0.1) is 11.3 Å². The number of para-hydroxylation sites is 1. The van der Waals surface area contributed by atoms with Crippen LogP contribution >= 0.6 is 11.3 Å². The zero-order chi connectivity index (χ0) is 23.0. The Morgan fingerprint density at radius 2 is 1.94 bits per heavy atom. The van der Waals surface area contributed by atoms with Gasteiger partial charge in [0.05, 0.1) is 12.2 Å². The summed E-state index contributed by atoms with van der Waals surface area (Å²) in [6.45, 7) is 6.57.